The molecule has 0 amide bonds. The molecule has 0 unspecified atom stereocenters. The van der Waals surface area contributed by atoms with Crippen LogP contribution in [0.15, 0.2) is 48.5 Å². The number of halogens is 1. The van der Waals surface area contributed by atoms with Crippen molar-refractivity contribution >= 4 is 34.0 Å². The normalized spacial score (nSPS) is 10.4. The Bertz CT molecular complexity index is 526. The molecule has 2 aromatic rings. The van der Waals surface area contributed by atoms with Crippen LogP contribution in [0.25, 0.3) is 0 Å². The Labute approximate surface area is 128 Å². The maximum atomic E-state index is 6.16. The molecular formula is C16H19IN2. The fourth-order valence-corrected chi connectivity index (χ4v) is 2.69. The molecule has 0 heterocycles. The first-order valence-corrected chi connectivity index (χ1v) is 7.62. The molecule has 19 heavy (non-hydrogen) atoms. The number of hydrogen-bond acceptors (Lipinski definition) is 2. The highest BCUT2D eigenvalue weighted by Gasteiger charge is 2.10. The number of nitrogen functional groups attached to an aromatic ring is 1. The summed E-state index contributed by atoms with van der Waals surface area (Å²) < 4.78 is 1.18. The van der Waals surface area contributed by atoms with Crippen molar-refractivity contribution in [2.24, 2.45) is 0 Å². The summed E-state index contributed by atoms with van der Waals surface area (Å²) in [6.45, 7) is 4.11. The second-order valence-electron chi connectivity index (χ2n) is 4.61. The predicted molar refractivity (Wildman–Crippen MR) is 91.4 cm³/mol. The zero-order valence-corrected chi connectivity index (χ0v) is 13.3. The molecule has 100 valence electrons. The van der Waals surface area contributed by atoms with Gasteiger partial charge in [0.05, 0.1) is 11.4 Å². The summed E-state index contributed by atoms with van der Waals surface area (Å²) in [6, 6.07) is 16.8. The summed E-state index contributed by atoms with van der Waals surface area (Å²) in [7, 11) is 0. The van der Waals surface area contributed by atoms with E-state index in [1.807, 2.05) is 12.1 Å². The molecule has 0 saturated heterocycles. The molecule has 0 aliphatic carbocycles. The number of nitrogens with two attached hydrogens (primary N) is 1. The first-order chi connectivity index (χ1) is 9.20. The molecule has 0 atom stereocenters. The van der Waals surface area contributed by atoms with Crippen molar-refractivity contribution in [2.45, 2.75) is 19.9 Å². The molecule has 3 heteroatoms. The van der Waals surface area contributed by atoms with Gasteiger partial charge in [-0.05, 0) is 52.8 Å². The van der Waals surface area contributed by atoms with Gasteiger partial charge in [0, 0.05) is 16.7 Å². The van der Waals surface area contributed by atoms with Gasteiger partial charge in [0.15, 0.2) is 0 Å². The lowest BCUT2D eigenvalue weighted by molar-refractivity contribution is 0.768. The molecule has 0 fully saturated rings. The summed E-state index contributed by atoms with van der Waals surface area (Å²) in [6.07, 6.45) is 1.11. The number of benzene rings is 2. The summed E-state index contributed by atoms with van der Waals surface area (Å²) in [5, 5.41) is 0. The predicted octanol–water partition coefficient (Wildman–Crippen LogP) is 4.29. The van der Waals surface area contributed by atoms with Gasteiger partial charge in [-0.25, -0.2) is 0 Å². The number of anilines is 2. The number of rotatable bonds is 5. The van der Waals surface area contributed by atoms with E-state index in [2.05, 4.69) is 70.8 Å². The van der Waals surface area contributed by atoms with Gasteiger partial charge in [-0.2, -0.15) is 0 Å². The average Bonchev–Trinajstić information content (AvgIpc) is 2.39. The summed E-state index contributed by atoms with van der Waals surface area (Å²) in [5.41, 5.74) is 9.46. The van der Waals surface area contributed by atoms with E-state index >= 15 is 0 Å². The first kappa shape index (κ1) is 14.2. The van der Waals surface area contributed by atoms with E-state index in [9.17, 15) is 0 Å². The number of hydrogen-bond donors (Lipinski definition) is 1. The van der Waals surface area contributed by atoms with Crippen molar-refractivity contribution in [2.75, 3.05) is 17.2 Å². The highest BCUT2D eigenvalue weighted by Crippen LogP contribution is 2.26. The quantitative estimate of drug-likeness (QED) is 0.632. The lowest BCUT2D eigenvalue weighted by Crippen LogP contribution is -2.24. The minimum Gasteiger partial charge on any atom is -0.397 e. The fraction of sp³-hybridized carbons (Fsp3) is 0.250. The van der Waals surface area contributed by atoms with Crippen molar-refractivity contribution in [3.63, 3.8) is 0 Å². The van der Waals surface area contributed by atoms with Crippen molar-refractivity contribution in [3.8, 4) is 0 Å². The third-order valence-electron chi connectivity index (χ3n) is 3.04. The molecule has 0 radical (unpaired) electrons. The summed E-state index contributed by atoms with van der Waals surface area (Å²) in [5.74, 6) is 0. The van der Waals surface area contributed by atoms with E-state index < -0.39 is 0 Å². The monoisotopic (exact) mass is 366 g/mol. The Kier molecular flexibility index (Phi) is 5.07. The van der Waals surface area contributed by atoms with Gasteiger partial charge in [0.2, 0.25) is 0 Å². The first-order valence-electron chi connectivity index (χ1n) is 6.54. The second-order valence-corrected chi connectivity index (χ2v) is 5.86. The second kappa shape index (κ2) is 6.80. The lowest BCUT2D eigenvalue weighted by Gasteiger charge is -2.26. The highest BCUT2D eigenvalue weighted by atomic mass is 127. The van der Waals surface area contributed by atoms with Gasteiger partial charge in [-0.15, -0.1) is 0 Å². The molecule has 0 spiro atoms. The highest BCUT2D eigenvalue weighted by molar-refractivity contribution is 14.1. The summed E-state index contributed by atoms with van der Waals surface area (Å²) >= 11 is 2.29. The van der Waals surface area contributed by atoms with Crippen LogP contribution in [-0.2, 0) is 6.54 Å². The van der Waals surface area contributed by atoms with E-state index in [0.717, 1.165) is 30.9 Å². The third kappa shape index (κ3) is 3.86. The molecule has 2 rings (SSSR count). The van der Waals surface area contributed by atoms with Gasteiger partial charge in [0.1, 0.15) is 0 Å². The maximum absolute atomic E-state index is 6.16. The van der Waals surface area contributed by atoms with Gasteiger partial charge in [0.25, 0.3) is 0 Å². The SMILES string of the molecule is CCCN(Cc1ccccc1)c1ccc(I)cc1N. The minimum absolute atomic E-state index is 0.858. The summed E-state index contributed by atoms with van der Waals surface area (Å²) in [4.78, 5) is 2.35. The molecule has 0 bridgehead atoms. The molecule has 2 nitrogen and oxygen atoms in total. The zero-order valence-electron chi connectivity index (χ0n) is 11.1. The molecule has 0 aromatic heterocycles. The van der Waals surface area contributed by atoms with Crippen molar-refractivity contribution in [1.82, 2.24) is 0 Å². The van der Waals surface area contributed by atoms with Gasteiger partial charge in [-0.3, -0.25) is 0 Å². The standard InChI is InChI=1S/C16H19IN2/c1-2-10-19(12-13-6-4-3-5-7-13)16-9-8-14(17)11-15(16)18/h3-9,11H,2,10,12,18H2,1H3. The maximum Gasteiger partial charge on any atom is 0.0603 e. The fourth-order valence-electron chi connectivity index (χ4n) is 2.17. The van der Waals surface area contributed by atoms with E-state index in [1.165, 1.54) is 9.13 Å². The van der Waals surface area contributed by atoms with Crippen LogP contribution < -0.4 is 10.6 Å². The van der Waals surface area contributed by atoms with Crippen molar-refractivity contribution < 1.29 is 0 Å². The molecule has 2 N–H and O–H groups in total. The molecule has 0 aliphatic rings. The Morgan fingerprint density at radius 2 is 1.84 bits per heavy atom. The van der Waals surface area contributed by atoms with Gasteiger partial charge >= 0.3 is 0 Å². The van der Waals surface area contributed by atoms with Crippen LogP contribution in [0.4, 0.5) is 11.4 Å². The molecule has 0 saturated carbocycles. The van der Waals surface area contributed by atoms with Crippen LogP contribution in [-0.4, -0.2) is 6.54 Å². The van der Waals surface area contributed by atoms with Crippen LogP contribution in [0.2, 0.25) is 0 Å². The molecule has 2 aromatic carbocycles. The Balaban J connectivity index is 2.24. The molecular weight excluding hydrogens is 347 g/mol. The van der Waals surface area contributed by atoms with E-state index in [0.29, 0.717) is 0 Å². The van der Waals surface area contributed by atoms with Gasteiger partial charge < -0.3 is 10.6 Å². The smallest absolute Gasteiger partial charge is 0.0603 e. The topological polar surface area (TPSA) is 29.3 Å². The molecule has 0 aliphatic heterocycles. The van der Waals surface area contributed by atoms with E-state index in [4.69, 9.17) is 5.73 Å². The third-order valence-corrected chi connectivity index (χ3v) is 3.71. The van der Waals surface area contributed by atoms with Crippen LogP contribution in [0.3, 0.4) is 0 Å². The van der Waals surface area contributed by atoms with Crippen LogP contribution in [0.5, 0.6) is 0 Å². The Morgan fingerprint density at radius 3 is 2.47 bits per heavy atom. The Hall–Kier alpha value is -1.23. The minimum atomic E-state index is 0.858. The van der Waals surface area contributed by atoms with E-state index in [1.54, 1.807) is 0 Å². The van der Waals surface area contributed by atoms with Crippen molar-refractivity contribution in [3.05, 3.63) is 57.7 Å². The largest absolute Gasteiger partial charge is 0.397 e. The average molecular weight is 366 g/mol. The zero-order chi connectivity index (χ0) is 13.7. The lowest BCUT2D eigenvalue weighted by atomic mass is 10.1. The Morgan fingerprint density at radius 1 is 1.11 bits per heavy atom. The van der Waals surface area contributed by atoms with E-state index in [-0.39, 0.29) is 0 Å². The van der Waals surface area contributed by atoms with Crippen molar-refractivity contribution in [1.29, 1.82) is 0 Å². The van der Waals surface area contributed by atoms with Crippen LogP contribution >= 0.6 is 22.6 Å². The van der Waals surface area contributed by atoms with Crippen LogP contribution in [0.1, 0.15) is 18.9 Å². The number of nitrogens with zero attached hydrogens (tertiary/aromatic N) is 1. The van der Waals surface area contributed by atoms with Crippen LogP contribution in [0, 0.1) is 3.57 Å². The van der Waals surface area contributed by atoms with Gasteiger partial charge in [-0.1, -0.05) is 37.3 Å².